The summed E-state index contributed by atoms with van der Waals surface area (Å²) in [5.74, 6) is -0.589. The number of non-ortho nitro benzene ring substituents is 1. The molecule has 132 valence electrons. The Hall–Kier alpha value is -3.79. The summed E-state index contributed by atoms with van der Waals surface area (Å²) in [7, 11) is 0. The third kappa shape index (κ3) is 3.82. The molecule has 3 amide bonds. The van der Waals surface area contributed by atoms with Crippen LogP contribution in [0.15, 0.2) is 59.7 Å². The van der Waals surface area contributed by atoms with Crippen molar-refractivity contribution in [3.63, 3.8) is 0 Å². The van der Waals surface area contributed by atoms with Gasteiger partial charge in [-0.05, 0) is 6.07 Å². The molecule has 10 nitrogen and oxygen atoms in total. The molecule has 0 saturated carbocycles. The molecule has 26 heavy (non-hydrogen) atoms. The number of amides is 3. The fraction of sp³-hybridized carbons (Fsp3) is 0.0625. The third-order valence-electron chi connectivity index (χ3n) is 3.55. The quantitative estimate of drug-likeness (QED) is 0.466. The van der Waals surface area contributed by atoms with E-state index in [0.29, 0.717) is 5.71 Å². The number of carbonyl (C=O) groups is 2. The first-order valence-corrected chi connectivity index (χ1v) is 7.54. The molecule has 1 unspecified atom stereocenters. The molecule has 1 aliphatic heterocycles. The van der Waals surface area contributed by atoms with Gasteiger partial charge in [-0.25, -0.2) is 15.6 Å². The number of hydrogen-bond acceptors (Lipinski definition) is 6. The Morgan fingerprint density at radius 2 is 1.92 bits per heavy atom. The van der Waals surface area contributed by atoms with E-state index in [9.17, 15) is 19.7 Å². The second-order valence-electron chi connectivity index (χ2n) is 5.29. The minimum Gasteiger partial charge on any atom is -0.314 e. The maximum Gasteiger partial charge on any atom is 0.336 e. The van der Waals surface area contributed by atoms with E-state index in [1.807, 2.05) is 18.2 Å². The largest absolute Gasteiger partial charge is 0.336 e. The molecular weight excluding hydrogens is 340 g/mol. The number of rotatable bonds is 5. The highest BCUT2D eigenvalue weighted by atomic mass is 16.6. The highest BCUT2D eigenvalue weighted by Crippen LogP contribution is 2.13. The van der Waals surface area contributed by atoms with Crippen molar-refractivity contribution in [2.45, 2.75) is 6.17 Å². The number of nitrogens with one attached hydrogen (secondary N) is 4. The van der Waals surface area contributed by atoms with Crippen LogP contribution in [0.5, 0.6) is 0 Å². The Labute approximate surface area is 147 Å². The van der Waals surface area contributed by atoms with E-state index in [0.717, 1.165) is 11.6 Å². The molecule has 2 aromatic rings. The maximum atomic E-state index is 12.2. The Balaban J connectivity index is 1.73. The lowest BCUT2D eigenvalue weighted by Crippen LogP contribution is -2.61. The molecule has 1 heterocycles. The molecule has 0 radical (unpaired) electrons. The molecule has 0 aliphatic carbocycles. The zero-order valence-corrected chi connectivity index (χ0v) is 13.3. The van der Waals surface area contributed by atoms with Gasteiger partial charge in [-0.1, -0.05) is 36.4 Å². The normalized spacial score (nSPS) is 16.1. The summed E-state index contributed by atoms with van der Waals surface area (Å²) in [5, 5.41) is 17.4. The van der Waals surface area contributed by atoms with E-state index < -0.39 is 23.0 Å². The summed E-state index contributed by atoms with van der Waals surface area (Å²) in [6.07, 6.45) is -0.784. The van der Waals surface area contributed by atoms with E-state index in [4.69, 9.17) is 0 Å². The van der Waals surface area contributed by atoms with E-state index in [1.54, 1.807) is 12.1 Å². The van der Waals surface area contributed by atoms with Gasteiger partial charge in [0, 0.05) is 23.3 Å². The highest BCUT2D eigenvalue weighted by molar-refractivity contribution is 6.07. The number of hydrazone groups is 1. The van der Waals surface area contributed by atoms with Gasteiger partial charge in [0.1, 0.15) is 11.9 Å². The maximum absolute atomic E-state index is 12.2. The van der Waals surface area contributed by atoms with Gasteiger partial charge in [-0.15, -0.1) is 0 Å². The molecule has 1 atom stereocenters. The van der Waals surface area contributed by atoms with Crippen LogP contribution in [0.1, 0.15) is 15.9 Å². The average molecular weight is 354 g/mol. The van der Waals surface area contributed by atoms with Gasteiger partial charge < -0.3 is 5.32 Å². The summed E-state index contributed by atoms with van der Waals surface area (Å²) in [4.78, 5) is 34.0. The van der Waals surface area contributed by atoms with Crippen molar-refractivity contribution in [2.75, 3.05) is 0 Å². The number of carbonyl (C=O) groups excluding carboxylic acids is 2. The summed E-state index contributed by atoms with van der Waals surface area (Å²) >= 11 is 0. The van der Waals surface area contributed by atoms with E-state index in [-0.39, 0.29) is 11.3 Å². The highest BCUT2D eigenvalue weighted by Gasteiger charge is 2.25. The van der Waals surface area contributed by atoms with Crippen LogP contribution in [0.2, 0.25) is 0 Å². The van der Waals surface area contributed by atoms with Crippen LogP contribution in [0.4, 0.5) is 10.5 Å². The van der Waals surface area contributed by atoms with Crippen LogP contribution in [0.25, 0.3) is 0 Å². The molecule has 1 aliphatic rings. The Bertz CT molecular complexity index is 883. The van der Waals surface area contributed by atoms with Gasteiger partial charge >= 0.3 is 6.03 Å². The fourth-order valence-corrected chi connectivity index (χ4v) is 2.32. The molecule has 0 bridgehead atoms. The molecule has 2 aromatic carbocycles. The lowest BCUT2D eigenvalue weighted by atomic mass is 10.1. The van der Waals surface area contributed by atoms with Gasteiger partial charge in [0.15, 0.2) is 0 Å². The van der Waals surface area contributed by atoms with Crippen LogP contribution in [0, 0.1) is 10.1 Å². The monoisotopic (exact) mass is 354 g/mol. The van der Waals surface area contributed by atoms with Crippen LogP contribution in [-0.4, -0.2) is 28.7 Å². The van der Waals surface area contributed by atoms with E-state index in [2.05, 4.69) is 26.7 Å². The van der Waals surface area contributed by atoms with Crippen LogP contribution in [-0.2, 0) is 0 Å². The second kappa shape index (κ2) is 7.40. The van der Waals surface area contributed by atoms with E-state index >= 15 is 0 Å². The molecule has 0 aromatic heterocycles. The van der Waals surface area contributed by atoms with Gasteiger partial charge in [-0.2, -0.15) is 5.10 Å². The first-order chi connectivity index (χ1) is 12.5. The second-order valence-corrected chi connectivity index (χ2v) is 5.29. The average Bonchev–Trinajstić information content (AvgIpc) is 2.67. The molecule has 0 saturated heterocycles. The number of nitrogens with zero attached hydrogens (tertiary/aromatic N) is 2. The predicted octanol–water partition coefficient (Wildman–Crippen LogP) is 0.872. The van der Waals surface area contributed by atoms with Crippen molar-refractivity contribution >= 4 is 23.3 Å². The Morgan fingerprint density at radius 3 is 2.65 bits per heavy atom. The summed E-state index contributed by atoms with van der Waals surface area (Å²) in [6.45, 7) is 0. The van der Waals surface area contributed by atoms with Crippen molar-refractivity contribution in [1.82, 2.24) is 21.6 Å². The Kier molecular flexibility index (Phi) is 4.85. The van der Waals surface area contributed by atoms with Crippen LogP contribution in [0.3, 0.4) is 0 Å². The number of nitro groups is 1. The number of hydrogen-bond donors (Lipinski definition) is 4. The van der Waals surface area contributed by atoms with Crippen molar-refractivity contribution in [1.29, 1.82) is 0 Å². The molecule has 3 rings (SSSR count). The number of nitro benzene ring substituents is 1. The van der Waals surface area contributed by atoms with Crippen molar-refractivity contribution < 1.29 is 14.5 Å². The smallest absolute Gasteiger partial charge is 0.314 e. The summed E-state index contributed by atoms with van der Waals surface area (Å²) in [6, 6.07) is 13.8. The zero-order valence-electron chi connectivity index (χ0n) is 13.3. The van der Waals surface area contributed by atoms with Gasteiger partial charge in [0.2, 0.25) is 0 Å². The summed E-state index contributed by atoms with van der Waals surface area (Å²) in [5.41, 5.74) is 8.51. The van der Waals surface area contributed by atoms with Crippen molar-refractivity contribution in [3.05, 3.63) is 75.8 Å². The van der Waals surface area contributed by atoms with Gasteiger partial charge in [-0.3, -0.25) is 20.3 Å². The standard InChI is InChI=1S/C16H14N6O4/c23-15(11-7-4-8-12(9-11)22(25)26)20-19-14-13(18-21-16(24)17-14)10-5-2-1-3-6-10/h1-9,14,19H,(H,20,23)(H2,17,21,24). The van der Waals surface area contributed by atoms with E-state index in [1.165, 1.54) is 18.2 Å². The van der Waals surface area contributed by atoms with Gasteiger partial charge in [0.25, 0.3) is 11.6 Å². The first kappa shape index (κ1) is 17.0. The molecule has 4 N–H and O–H groups in total. The topological polar surface area (TPSA) is 138 Å². The molecule has 0 spiro atoms. The number of urea groups is 1. The predicted molar refractivity (Wildman–Crippen MR) is 92.1 cm³/mol. The minimum absolute atomic E-state index is 0.102. The molecule has 0 fully saturated rings. The minimum atomic E-state index is -0.784. The summed E-state index contributed by atoms with van der Waals surface area (Å²) < 4.78 is 0. The van der Waals surface area contributed by atoms with Crippen LogP contribution >= 0.6 is 0 Å². The van der Waals surface area contributed by atoms with Crippen molar-refractivity contribution in [2.24, 2.45) is 5.10 Å². The molecule has 10 heteroatoms. The number of hydrazine groups is 1. The zero-order chi connectivity index (χ0) is 18.5. The fourth-order valence-electron chi connectivity index (χ4n) is 2.32. The first-order valence-electron chi connectivity index (χ1n) is 7.54. The number of benzene rings is 2. The lowest BCUT2D eigenvalue weighted by Gasteiger charge is -2.25. The molecular formula is C16H14N6O4. The van der Waals surface area contributed by atoms with Gasteiger partial charge in [0.05, 0.1) is 4.92 Å². The van der Waals surface area contributed by atoms with Crippen LogP contribution < -0.4 is 21.6 Å². The van der Waals surface area contributed by atoms with Crippen molar-refractivity contribution in [3.8, 4) is 0 Å². The Morgan fingerprint density at radius 1 is 1.15 bits per heavy atom. The lowest BCUT2D eigenvalue weighted by molar-refractivity contribution is -0.384. The SMILES string of the molecule is O=C1NN=C(c2ccccc2)C(NNC(=O)c2cccc([N+](=O)[O-])c2)N1. The third-order valence-corrected chi connectivity index (χ3v) is 3.55.